The average molecular weight is 216 g/mol. The summed E-state index contributed by atoms with van der Waals surface area (Å²) in [6, 6.07) is 0. The molecule has 0 bridgehead atoms. The van der Waals surface area contributed by atoms with Crippen molar-refractivity contribution >= 4 is 17.5 Å². The van der Waals surface area contributed by atoms with Crippen LogP contribution in [0.25, 0.3) is 0 Å². The summed E-state index contributed by atoms with van der Waals surface area (Å²) in [6.07, 6.45) is 4.22. The molecule has 0 radical (unpaired) electrons. The first-order chi connectivity index (χ1) is 6.77. The molecule has 1 amide bonds. The van der Waals surface area contributed by atoms with Crippen LogP contribution in [0.2, 0.25) is 0 Å². The van der Waals surface area contributed by atoms with E-state index in [0.717, 1.165) is 12.1 Å². The van der Waals surface area contributed by atoms with Gasteiger partial charge in [0.05, 0.1) is 17.9 Å². The van der Waals surface area contributed by atoms with Gasteiger partial charge in [-0.3, -0.25) is 4.79 Å². The smallest absolute Gasteiger partial charge is 0.239 e. The van der Waals surface area contributed by atoms with Crippen LogP contribution in [-0.4, -0.2) is 22.0 Å². The summed E-state index contributed by atoms with van der Waals surface area (Å²) in [6.45, 7) is 3.02. The van der Waals surface area contributed by atoms with E-state index in [1.165, 1.54) is 0 Å². The summed E-state index contributed by atoms with van der Waals surface area (Å²) in [5, 5.41) is 2.79. The molecule has 0 atom stereocenters. The molecule has 14 heavy (non-hydrogen) atoms. The summed E-state index contributed by atoms with van der Waals surface area (Å²) in [5.41, 5.74) is 0.860. The van der Waals surface area contributed by atoms with Gasteiger partial charge in [-0.05, 0) is 6.42 Å². The molecule has 0 aliphatic heterocycles. The first kappa shape index (κ1) is 11.0. The molecule has 1 heterocycles. The third kappa shape index (κ3) is 3.03. The molecule has 0 aliphatic carbocycles. The topological polar surface area (TPSA) is 46.9 Å². The molecule has 4 nitrogen and oxygen atoms in total. The molecule has 0 unspecified atom stereocenters. The third-order valence-electron chi connectivity index (χ3n) is 1.82. The highest BCUT2D eigenvalue weighted by Gasteiger charge is 2.05. The molecular formula is C9H14ClN3O. The summed E-state index contributed by atoms with van der Waals surface area (Å²) in [7, 11) is 0. The Kier molecular flexibility index (Phi) is 4.46. The van der Waals surface area contributed by atoms with Crippen molar-refractivity contribution in [1.29, 1.82) is 0 Å². The van der Waals surface area contributed by atoms with Crippen molar-refractivity contribution < 1.29 is 4.79 Å². The zero-order chi connectivity index (χ0) is 10.4. The number of aromatic nitrogens is 2. The Morgan fingerprint density at radius 1 is 1.71 bits per heavy atom. The summed E-state index contributed by atoms with van der Waals surface area (Å²) >= 11 is 5.67. The second-order valence-corrected chi connectivity index (χ2v) is 3.26. The summed E-state index contributed by atoms with van der Waals surface area (Å²) in [4.78, 5) is 15.3. The highest BCUT2D eigenvalue weighted by Crippen LogP contribution is 2.02. The number of imidazole rings is 1. The van der Waals surface area contributed by atoms with Crippen molar-refractivity contribution in [3.63, 3.8) is 0 Å². The maximum absolute atomic E-state index is 11.3. The van der Waals surface area contributed by atoms with Gasteiger partial charge in [0.1, 0.15) is 6.54 Å². The zero-order valence-corrected chi connectivity index (χ0v) is 8.92. The largest absolute Gasteiger partial charge is 0.355 e. The number of carbonyl (C=O) groups is 1. The molecule has 0 aliphatic rings. The summed E-state index contributed by atoms with van der Waals surface area (Å²) in [5.74, 6) is 0.373. The first-order valence-electron chi connectivity index (χ1n) is 4.59. The molecule has 0 spiro atoms. The first-order valence-corrected chi connectivity index (χ1v) is 5.13. The summed E-state index contributed by atoms with van der Waals surface area (Å²) < 4.78 is 1.75. The lowest BCUT2D eigenvalue weighted by Crippen LogP contribution is -2.28. The number of nitrogens with zero attached hydrogens (tertiary/aromatic N) is 2. The number of hydrogen-bond donors (Lipinski definition) is 1. The molecule has 78 valence electrons. The minimum absolute atomic E-state index is 0.00350. The van der Waals surface area contributed by atoms with Crippen LogP contribution < -0.4 is 5.32 Å². The molecule has 5 heteroatoms. The van der Waals surface area contributed by atoms with Gasteiger partial charge in [0.2, 0.25) is 5.91 Å². The molecule has 1 N–H and O–H groups in total. The van der Waals surface area contributed by atoms with Crippen LogP contribution >= 0.6 is 11.6 Å². The maximum atomic E-state index is 11.3. The third-order valence-corrected chi connectivity index (χ3v) is 2.10. The minimum atomic E-state index is -0.00350. The van der Waals surface area contributed by atoms with E-state index in [1.807, 2.05) is 6.92 Å². The number of rotatable bonds is 5. The lowest BCUT2D eigenvalue weighted by atomic mass is 10.4. The van der Waals surface area contributed by atoms with Gasteiger partial charge >= 0.3 is 0 Å². The Morgan fingerprint density at radius 3 is 3.14 bits per heavy atom. The van der Waals surface area contributed by atoms with Gasteiger partial charge in [0, 0.05) is 12.7 Å². The van der Waals surface area contributed by atoms with Gasteiger partial charge in [-0.2, -0.15) is 0 Å². The Morgan fingerprint density at radius 2 is 2.50 bits per heavy atom. The van der Waals surface area contributed by atoms with Gasteiger partial charge in [-0.15, -0.1) is 11.6 Å². The quantitative estimate of drug-likeness (QED) is 0.749. The van der Waals surface area contributed by atoms with Crippen LogP contribution in [0.3, 0.4) is 0 Å². The Bertz CT molecular complexity index is 298. The van der Waals surface area contributed by atoms with Crippen molar-refractivity contribution in [3.8, 4) is 0 Å². The SMILES string of the molecule is CCCNC(=O)Cn1cncc1CCl. The molecule has 1 aromatic heterocycles. The van der Waals surface area contributed by atoms with E-state index >= 15 is 0 Å². The molecule has 1 rings (SSSR count). The van der Waals surface area contributed by atoms with E-state index < -0.39 is 0 Å². The second-order valence-electron chi connectivity index (χ2n) is 3.00. The van der Waals surface area contributed by atoms with Crippen LogP contribution in [0.4, 0.5) is 0 Å². The molecule has 0 saturated carbocycles. The molecular weight excluding hydrogens is 202 g/mol. The fourth-order valence-corrected chi connectivity index (χ4v) is 1.30. The zero-order valence-electron chi connectivity index (χ0n) is 8.16. The van der Waals surface area contributed by atoms with E-state index in [1.54, 1.807) is 17.1 Å². The van der Waals surface area contributed by atoms with E-state index in [-0.39, 0.29) is 5.91 Å². The number of alkyl halides is 1. The Balaban J connectivity index is 2.47. The molecule has 1 aromatic rings. The van der Waals surface area contributed by atoms with E-state index in [9.17, 15) is 4.79 Å². The van der Waals surface area contributed by atoms with Crippen LogP contribution in [0.1, 0.15) is 19.0 Å². The van der Waals surface area contributed by atoms with E-state index in [0.29, 0.717) is 19.0 Å². The minimum Gasteiger partial charge on any atom is -0.355 e. The van der Waals surface area contributed by atoms with Gasteiger partial charge in [-0.1, -0.05) is 6.92 Å². The van der Waals surface area contributed by atoms with Crippen molar-refractivity contribution in [1.82, 2.24) is 14.9 Å². The highest BCUT2D eigenvalue weighted by atomic mass is 35.5. The van der Waals surface area contributed by atoms with Gasteiger partial charge in [0.25, 0.3) is 0 Å². The monoisotopic (exact) mass is 215 g/mol. The predicted octanol–water partition coefficient (Wildman–Crippen LogP) is 1.15. The van der Waals surface area contributed by atoms with Crippen molar-refractivity contribution in [2.45, 2.75) is 25.8 Å². The standard InChI is InChI=1S/C9H14ClN3O/c1-2-3-12-9(14)6-13-7-11-5-8(13)4-10/h5,7H,2-4,6H2,1H3,(H,12,14). The van der Waals surface area contributed by atoms with E-state index in [2.05, 4.69) is 10.3 Å². The number of amides is 1. The van der Waals surface area contributed by atoms with Crippen LogP contribution in [0.5, 0.6) is 0 Å². The molecule has 0 fully saturated rings. The molecule has 0 saturated heterocycles. The maximum Gasteiger partial charge on any atom is 0.239 e. The number of halogens is 1. The number of carbonyl (C=O) groups excluding carboxylic acids is 1. The second kappa shape index (κ2) is 5.65. The van der Waals surface area contributed by atoms with Crippen LogP contribution in [0.15, 0.2) is 12.5 Å². The predicted molar refractivity (Wildman–Crippen MR) is 55.1 cm³/mol. The Hall–Kier alpha value is -1.03. The van der Waals surface area contributed by atoms with Crippen molar-refractivity contribution in [2.75, 3.05) is 6.54 Å². The van der Waals surface area contributed by atoms with Gasteiger partial charge in [-0.25, -0.2) is 4.98 Å². The lowest BCUT2D eigenvalue weighted by Gasteiger charge is -2.06. The number of hydrogen-bond acceptors (Lipinski definition) is 2. The van der Waals surface area contributed by atoms with Crippen LogP contribution in [0, 0.1) is 0 Å². The van der Waals surface area contributed by atoms with Crippen molar-refractivity contribution in [3.05, 3.63) is 18.2 Å². The molecule has 0 aromatic carbocycles. The van der Waals surface area contributed by atoms with Gasteiger partial charge < -0.3 is 9.88 Å². The van der Waals surface area contributed by atoms with Crippen LogP contribution in [-0.2, 0) is 17.2 Å². The highest BCUT2D eigenvalue weighted by molar-refractivity contribution is 6.16. The van der Waals surface area contributed by atoms with Crippen molar-refractivity contribution in [2.24, 2.45) is 0 Å². The van der Waals surface area contributed by atoms with Gasteiger partial charge in [0.15, 0.2) is 0 Å². The number of nitrogens with one attached hydrogen (secondary N) is 1. The fraction of sp³-hybridized carbons (Fsp3) is 0.556. The fourth-order valence-electron chi connectivity index (χ4n) is 1.08. The Labute approximate surface area is 88.3 Å². The van der Waals surface area contributed by atoms with E-state index in [4.69, 9.17) is 11.6 Å². The normalized spacial score (nSPS) is 10.1. The average Bonchev–Trinajstić information content (AvgIpc) is 2.62. The lowest BCUT2D eigenvalue weighted by molar-refractivity contribution is -0.121.